The first-order valence-corrected chi connectivity index (χ1v) is 8.42. The average Bonchev–Trinajstić information content (AvgIpc) is 2.39. The first-order valence-electron chi connectivity index (χ1n) is 8.42. The molecule has 2 fully saturated rings. The van der Waals surface area contributed by atoms with E-state index in [0.717, 1.165) is 31.7 Å². The summed E-state index contributed by atoms with van der Waals surface area (Å²) in [7, 11) is 4.40. The van der Waals surface area contributed by atoms with Gasteiger partial charge in [0.25, 0.3) is 0 Å². The van der Waals surface area contributed by atoms with Crippen LogP contribution in [0, 0.1) is 11.8 Å². The summed E-state index contributed by atoms with van der Waals surface area (Å²) in [5.41, 5.74) is 0. The van der Waals surface area contributed by atoms with Crippen LogP contribution in [0.3, 0.4) is 0 Å². The molecule has 2 heterocycles. The van der Waals surface area contributed by atoms with Gasteiger partial charge in [0.15, 0.2) is 0 Å². The van der Waals surface area contributed by atoms with Crippen LogP contribution < -0.4 is 0 Å². The minimum Gasteiger partial charge on any atom is -0.375 e. The van der Waals surface area contributed by atoms with Crippen molar-refractivity contribution in [3.8, 4) is 0 Å². The monoisotopic (exact) mass is 284 g/mol. The van der Waals surface area contributed by atoms with E-state index in [4.69, 9.17) is 4.74 Å². The van der Waals surface area contributed by atoms with E-state index >= 15 is 0 Å². The normalized spacial score (nSPS) is 29.4. The molecule has 0 aromatic carbocycles. The molecule has 0 aliphatic carbocycles. The van der Waals surface area contributed by atoms with E-state index < -0.39 is 0 Å². The van der Waals surface area contributed by atoms with Crippen molar-refractivity contribution in [2.45, 2.75) is 59.1 Å². The Hall–Kier alpha value is -0.120. The van der Waals surface area contributed by atoms with Crippen molar-refractivity contribution in [3.63, 3.8) is 0 Å². The van der Waals surface area contributed by atoms with Gasteiger partial charge in [-0.3, -0.25) is 0 Å². The van der Waals surface area contributed by atoms with E-state index in [9.17, 15) is 0 Å². The molecule has 120 valence electrons. The van der Waals surface area contributed by atoms with E-state index in [2.05, 4.69) is 51.6 Å². The van der Waals surface area contributed by atoms with Gasteiger partial charge in [-0.15, -0.1) is 0 Å². The highest BCUT2D eigenvalue weighted by atomic mass is 16.5. The number of nitrogens with zero attached hydrogens (tertiary/aromatic N) is 2. The van der Waals surface area contributed by atoms with Crippen LogP contribution in [0.25, 0.3) is 0 Å². The molecule has 2 saturated heterocycles. The lowest BCUT2D eigenvalue weighted by atomic mass is 9.93. The van der Waals surface area contributed by atoms with Gasteiger partial charge in [0.2, 0.25) is 0 Å². The summed E-state index contributed by atoms with van der Waals surface area (Å²) in [5.74, 6) is 1.49. The van der Waals surface area contributed by atoms with E-state index in [-0.39, 0.29) is 0 Å². The van der Waals surface area contributed by atoms with Gasteiger partial charge in [-0.25, -0.2) is 0 Å². The standard InChI is InChI=1S/C9H19N.C8H17NO/c1-8(2)9-6-4-5-7-10(9)3;1-7(2)8-6-9(3)4-5-10-8/h8-9H,4-7H2,1-3H3;7-8H,4-6H2,1-3H3. The molecule has 3 nitrogen and oxygen atoms in total. The molecule has 0 saturated carbocycles. The van der Waals surface area contributed by atoms with Crippen LogP contribution in [-0.4, -0.2) is 62.3 Å². The summed E-state index contributed by atoms with van der Waals surface area (Å²) in [5, 5.41) is 0. The van der Waals surface area contributed by atoms with E-state index in [0.29, 0.717) is 12.0 Å². The maximum Gasteiger partial charge on any atom is 0.0725 e. The molecule has 0 radical (unpaired) electrons. The maximum atomic E-state index is 5.57. The molecule has 2 aliphatic rings. The highest BCUT2D eigenvalue weighted by Gasteiger charge is 2.21. The van der Waals surface area contributed by atoms with Crippen molar-refractivity contribution in [2.75, 3.05) is 40.3 Å². The third kappa shape index (κ3) is 6.11. The van der Waals surface area contributed by atoms with Crippen LogP contribution in [0.1, 0.15) is 47.0 Å². The van der Waals surface area contributed by atoms with Crippen molar-refractivity contribution in [1.82, 2.24) is 9.80 Å². The Morgan fingerprint density at radius 1 is 0.950 bits per heavy atom. The predicted molar refractivity (Wildman–Crippen MR) is 87.2 cm³/mol. The highest BCUT2D eigenvalue weighted by Crippen LogP contribution is 2.20. The van der Waals surface area contributed by atoms with Crippen LogP contribution >= 0.6 is 0 Å². The Balaban J connectivity index is 0.000000200. The van der Waals surface area contributed by atoms with Crippen molar-refractivity contribution in [2.24, 2.45) is 11.8 Å². The van der Waals surface area contributed by atoms with Crippen molar-refractivity contribution in [3.05, 3.63) is 0 Å². The second kappa shape index (κ2) is 9.01. The van der Waals surface area contributed by atoms with Crippen LogP contribution in [0.5, 0.6) is 0 Å². The zero-order chi connectivity index (χ0) is 15.1. The molecule has 0 bridgehead atoms. The molecule has 2 rings (SSSR count). The molecule has 0 spiro atoms. The van der Waals surface area contributed by atoms with Gasteiger partial charge >= 0.3 is 0 Å². The zero-order valence-corrected chi connectivity index (χ0v) is 14.6. The quantitative estimate of drug-likeness (QED) is 0.775. The smallest absolute Gasteiger partial charge is 0.0725 e. The van der Waals surface area contributed by atoms with Crippen LogP contribution in [0.4, 0.5) is 0 Å². The highest BCUT2D eigenvalue weighted by molar-refractivity contribution is 4.76. The van der Waals surface area contributed by atoms with E-state index in [1.54, 1.807) is 0 Å². The van der Waals surface area contributed by atoms with E-state index in [1.807, 2.05) is 0 Å². The molecule has 0 aromatic rings. The third-order valence-electron chi connectivity index (χ3n) is 4.64. The SMILES string of the molecule is CC(C)C1CCCCN1C.CC(C)C1CN(C)CCO1. The molecule has 0 amide bonds. The summed E-state index contributed by atoms with van der Waals surface area (Å²) in [6.07, 6.45) is 4.71. The van der Waals surface area contributed by atoms with Gasteiger partial charge in [-0.2, -0.15) is 0 Å². The summed E-state index contributed by atoms with van der Waals surface area (Å²) in [6.45, 7) is 13.5. The topological polar surface area (TPSA) is 15.7 Å². The zero-order valence-electron chi connectivity index (χ0n) is 14.6. The number of hydrogen-bond donors (Lipinski definition) is 0. The Bertz CT molecular complexity index is 255. The second-order valence-corrected chi connectivity index (χ2v) is 7.20. The van der Waals surface area contributed by atoms with Gasteiger partial charge in [-0.1, -0.05) is 34.1 Å². The molecule has 3 heteroatoms. The van der Waals surface area contributed by atoms with Crippen LogP contribution in [0.2, 0.25) is 0 Å². The first kappa shape index (κ1) is 17.9. The Labute approximate surface area is 126 Å². The number of likely N-dealkylation sites (tertiary alicyclic amines) is 1. The lowest BCUT2D eigenvalue weighted by Gasteiger charge is -2.35. The molecule has 2 atom stereocenters. The lowest BCUT2D eigenvalue weighted by molar-refractivity contribution is -0.0424. The van der Waals surface area contributed by atoms with Gasteiger partial charge in [0.05, 0.1) is 12.7 Å². The van der Waals surface area contributed by atoms with Crippen molar-refractivity contribution in [1.29, 1.82) is 0 Å². The average molecular weight is 284 g/mol. The van der Waals surface area contributed by atoms with Gasteiger partial charge in [-0.05, 0) is 45.3 Å². The minimum atomic E-state index is 0.457. The number of likely N-dealkylation sites (N-methyl/N-ethyl adjacent to an activating group) is 1. The molecule has 2 unspecified atom stereocenters. The summed E-state index contributed by atoms with van der Waals surface area (Å²) < 4.78 is 5.57. The summed E-state index contributed by atoms with van der Waals surface area (Å²) in [4.78, 5) is 4.84. The summed E-state index contributed by atoms with van der Waals surface area (Å²) >= 11 is 0. The van der Waals surface area contributed by atoms with E-state index in [1.165, 1.54) is 25.8 Å². The van der Waals surface area contributed by atoms with Crippen molar-refractivity contribution >= 4 is 0 Å². The lowest BCUT2D eigenvalue weighted by Crippen LogP contribution is -2.42. The molecular weight excluding hydrogens is 248 g/mol. The van der Waals surface area contributed by atoms with Gasteiger partial charge < -0.3 is 14.5 Å². The van der Waals surface area contributed by atoms with Gasteiger partial charge in [0.1, 0.15) is 0 Å². The Morgan fingerprint density at radius 3 is 2.05 bits per heavy atom. The number of rotatable bonds is 2. The largest absolute Gasteiger partial charge is 0.375 e. The fourth-order valence-corrected chi connectivity index (χ4v) is 3.16. The minimum absolute atomic E-state index is 0.457. The molecule has 20 heavy (non-hydrogen) atoms. The number of hydrogen-bond acceptors (Lipinski definition) is 3. The number of morpholine rings is 1. The van der Waals surface area contributed by atoms with Crippen LogP contribution in [0.15, 0.2) is 0 Å². The predicted octanol–water partition coefficient (Wildman–Crippen LogP) is 3.10. The second-order valence-electron chi connectivity index (χ2n) is 7.20. The number of ether oxygens (including phenoxy) is 1. The Kier molecular flexibility index (Phi) is 8.08. The maximum absolute atomic E-state index is 5.57. The fourth-order valence-electron chi connectivity index (χ4n) is 3.16. The van der Waals surface area contributed by atoms with Crippen molar-refractivity contribution < 1.29 is 4.74 Å². The Morgan fingerprint density at radius 2 is 1.65 bits per heavy atom. The molecular formula is C17H36N2O. The third-order valence-corrected chi connectivity index (χ3v) is 4.64. The van der Waals surface area contributed by atoms with Crippen LogP contribution in [-0.2, 0) is 4.74 Å². The molecule has 2 aliphatic heterocycles. The molecule has 0 N–H and O–H groups in total. The summed E-state index contributed by atoms with van der Waals surface area (Å²) in [6, 6.07) is 0.855. The first-order chi connectivity index (χ1) is 9.41. The fraction of sp³-hybridized carbons (Fsp3) is 1.00. The van der Waals surface area contributed by atoms with Gasteiger partial charge in [0, 0.05) is 19.1 Å². The molecule has 0 aromatic heterocycles. The number of piperidine rings is 1.